The van der Waals surface area contributed by atoms with Crippen molar-refractivity contribution in [1.29, 1.82) is 0 Å². The van der Waals surface area contributed by atoms with E-state index in [9.17, 15) is 4.79 Å². The summed E-state index contributed by atoms with van der Waals surface area (Å²) in [6.45, 7) is 8.46. The van der Waals surface area contributed by atoms with Crippen LogP contribution in [0, 0.1) is 20.8 Å². The number of aromatic nitrogens is 4. The highest BCUT2D eigenvalue weighted by atomic mass is 16.2. The monoisotopic (exact) mass is 352 g/mol. The molecule has 26 heavy (non-hydrogen) atoms. The van der Waals surface area contributed by atoms with Gasteiger partial charge in [0, 0.05) is 36.0 Å². The van der Waals surface area contributed by atoms with Crippen LogP contribution in [0.3, 0.4) is 0 Å². The molecule has 0 aliphatic rings. The third kappa shape index (κ3) is 3.93. The van der Waals surface area contributed by atoms with E-state index in [4.69, 9.17) is 0 Å². The fraction of sp³-hybridized carbons (Fsp3) is 0.316. The van der Waals surface area contributed by atoms with Crippen molar-refractivity contribution in [3.63, 3.8) is 0 Å². The number of imidazole rings is 1. The van der Waals surface area contributed by atoms with Crippen molar-refractivity contribution < 1.29 is 4.79 Å². The number of benzene rings is 1. The molecule has 1 atom stereocenters. The Hall–Kier alpha value is -3.09. The average molecular weight is 352 g/mol. The summed E-state index contributed by atoms with van der Waals surface area (Å²) in [5.41, 5.74) is 3.81. The molecule has 0 aliphatic heterocycles. The molecule has 2 amide bonds. The van der Waals surface area contributed by atoms with Gasteiger partial charge in [0.25, 0.3) is 0 Å². The number of nitrogens with one attached hydrogen (secondary N) is 2. The molecule has 2 aromatic heterocycles. The summed E-state index contributed by atoms with van der Waals surface area (Å²) in [6, 6.07) is 9.52. The molecule has 2 heterocycles. The second kappa shape index (κ2) is 7.43. The molecule has 0 radical (unpaired) electrons. The average Bonchev–Trinajstić information content (AvgIpc) is 3.18. The van der Waals surface area contributed by atoms with Crippen LogP contribution in [0.5, 0.6) is 0 Å². The Balaban J connectivity index is 1.55. The molecule has 0 spiro atoms. The van der Waals surface area contributed by atoms with Crippen molar-refractivity contribution in [3.05, 3.63) is 59.9 Å². The lowest BCUT2D eigenvalue weighted by Gasteiger charge is -2.16. The largest absolute Gasteiger partial charge is 0.336 e. The fourth-order valence-electron chi connectivity index (χ4n) is 2.95. The van der Waals surface area contributed by atoms with E-state index in [1.54, 1.807) is 6.20 Å². The third-order valence-corrected chi connectivity index (χ3v) is 4.25. The van der Waals surface area contributed by atoms with Crippen LogP contribution < -0.4 is 10.6 Å². The minimum Gasteiger partial charge on any atom is -0.336 e. The van der Waals surface area contributed by atoms with Gasteiger partial charge in [-0.25, -0.2) is 9.78 Å². The zero-order chi connectivity index (χ0) is 18.7. The van der Waals surface area contributed by atoms with E-state index >= 15 is 0 Å². The van der Waals surface area contributed by atoms with Gasteiger partial charge in [0.1, 0.15) is 5.82 Å². The summed E-state index contributed by atoms with van der Waals surface area (Å²) >= 11 is 0. The normalized spacial score (nSPS) is 12.0. The molecular weight excluding hydrogens is 328 g/mol. The van der Waals surface area contributed by atoms with E-state index in [1.165, 1.54) is 0 Å². The Morgan fingerprint density at radius 3 is 2.50 bits per heavy atom. The van der Waals surface area contributed by atoms with Crippen LogP contribution >= 0.6 is 0 Å². The van der Waals surface area contributed by atoms with E-state index in [-0.39, 0.29) is 12.1 Å². The first-order valence-corrected chi connectivity index (χ1v) is 8.62. The summed E-state index contributed by atoms with van der Waals surface area (Å²) in [5.74, 6) is 0.918. The van der Waals surface area contributed by atoms with E-state index in [2.05, 4.69) is 20.7 Å². The number of anilines is 1. The van der Waals surface area contributed by atoms with Crippen molar-refractivity contribution in [2.45, 2.75) is 33.7 Å². The Morgan fingerprint density at radius 1 is 1.19 bits per heavy atom. The lowest BCUT2D eigenvalue weighted by molar-refractivity contribution is 0.250. The van der Waals surface area contributed by atoms with Crippen LogP contribution in [0.4, 0.5) is 10.5 Å². The molecule has 7 nitrogen and oxygen atoms in total. The minimum atomic E-state index is -0.232. The SMILES string of the molecule is Cc1cc(C)n(C(C)CNC(=O)Nc2ccc(-n3ccnc3C)cc2)n1. The lowest BCUT2D eigenvalue weighted by atomic mass is 10.2. The van der Waals surface area contributed by atoms with Gasteiger partial charge in [0.2, 0.25) is 0 Å². The first kappa shape index (κ1) is 17.7. The van der Waals surface area contributed by atoms with Crippen LogP contribution in [-0.2, 0) is 0 Å². The maximum absolute atomic E-state index is 12.1. The van der Waals surface area contributed by atoms with Crippen molar-refractivity contribution in [1.82, 2.24) is 24.6 Å². The smallest absolute Gasteiger partial charge is 0.319 e. The molecule has 1 unspecified atom stereocenters. The Labute approximate surface area is 153 Å². The second-order valence-corrected chi connectivity index (χ2v) is 6.45. The maximum atomic E-state index is 12.1. The number of nitrogens with zero attached hydrogens (tertiary/aromatic N) is 4. The number of carbonyl (C=O) groups excluding carboxylic acids is 1. The number of carbonyl (C=O) groups is 1. The first-order chi connectivity index (χ1) is 12.4. The summed E-state index contributed by atoms with van der Waals surface area (Å²) in [4.78, 5) is 16.4. The molecule has 1 aromatic carbocycles. The quantitative estimate of drug-likeness (QED) is 0.739. The zero-order valence-corrected chi connectivity index (χ0v) is 15.5. The maximum Gasteiger partial charge on any atom is 0.319 e. The second-order valence-electron chi connectivity index (χ2n) is 6.45. The molecule has 2 N–H and O–H groups in total. The van der Waals surface area contributed by atoms with E-state index in [0.717, 1.165) is 28.6 Å². The molecule has 0 bridgehead atoms. The molecular formula is C19H24N6O. The van der Waals surface area contributed by atoms with Gasteiger partial charge in [0.15, 0.2) is 0 Å². The van der Waals surface area contributed by atoms with Gasteiger partial charge in [-0.05, 0) is 58.0 Å². The molecule has 3 aromatic rings. The number of hydrogen-bond acceptors (Lipinski definition) is 3. The topological polar surface area (TPSA) is 76.8 Å². The predicted octanol–water partition coefficient (Wildman–Crippen LogP) is 3.38. The number of amides is 2. The highest BCUT2D eigenvalue weighted by molar-refractivity contribution is 5.89. The van der Waals surface area contributed by atoms with Crippen LogP contribution in [0.1, 0.15) is 30.2 Å². The minimum absolute atomic E-state index is 0.0843. The van der Waals surface area contributed by atoms with Gasteiger partial charge in [-0.2, -0.15) is 5.10 Å². The predicted molar refractivity (Wildman–Crippen MR) is 102 cm³/mol. The fourth-order valence-corrected chi connectivity index (χ4v) is 2.95. The standard InChI is InChI=1S/C19H24N6O/c1-13-11-14(2)25(23-13)15(3)12-21-19(26)22-17-5-7-18(8-6-17)24-10-9-20-16(24)4/h5-11,15H,12H2,1-4H3,(H2,21,22,26). The van der Waals surface area contributed by atoms with Crippen molar-refractivity contribution in [2.75, 3.05) is 11.9 Å². The molecule has 136 valence electrons. The Kier molecular flexibility index (Phi) is 5.06. The summed E-state index contributed by atoms with van der Waals surface area (Å²) in [6.07, 6.45) is 3.67. The highest BCUT2D eigenvalue weighted by Crippen LogP contribution is 2.15. The molecule has 0 fully saturated rings. The van der Waals surface area contributed by atoms with Crippen molar-refractivity contribution in [2.24, 2.45) is 0 Å². The number of hydrogen-bond donors (Lipinski definition) is 2. The van der Waals surface area contributed by atoms with E-state index < -0.39 is 0 Å². The van der Waals surface area contributed by atoms with Gasteiger partial charge in [0.05, 0.1) is 11.7 Å². The summed E-state index contributed by atoms with van der Waals surface area (Å²) < 4.78 is 3.91. The zero-order valence-electron chi connectivity index (χ0n) is 15.5. The van der Waals surface area contributed by atoms with Crippen molar-refractivity contribution in [3.8, 4) is 5.69 Å². The molecule has 0 saturated heterocycles. The van der Waals surface area contributed by atoms with Crippen LogP contribution in [-0.4, -0.2) is 31.9 Å². The highest BCUT2D eigenvalue weighted by Gasteiger charge is 2.11. The first-order valence-electron chi connectivity index (χ1n) is 8.62. The van der Waals surface area contributed by atoms with Gasteiger partial charge in [-0.1, -0.05) is 0 Å². The molecule has 0 aliphatic carbocycles. The summed E-state index contributed by atoms with van der Waals surface area (Å²) in [7, 11) is 0. The molecule has 0 saturated carbocycles. The van der Waals surface area contributed by atoms with E-state index in [1.807, 2.05) is 73.5 Å². The van der Waals surface area contributed by atoms with E-state index in [0.29, 0.717) is 6.54 Å². The third-order valence-electron chi connectivity index (χ3n) is 4.25. The number of rotatable bonds is 5. The van der Waals surface area contributed by atoms with Gasteiger partial charge in [-0.15, -0.1) is 0 Å². The van der Waals surface area contributed by atoms with Gasteiger partial charge >= 0.3 is 6.03 Å². The van der Waals surface area contributed by atoms with Crippen LogP contribution in [0.25, 0.3) is 5.69 Å². The summed E-state index contributed by atoms with van der Waals surface area (Å²) in [5, 5.41) is 10.2. The Bertz CT molecular complexity index is 893. The number of urea groups is 1. The lowest BCUT2D eigenvalue weighted by Crippen LogP contribution is -2.33. The van der Waals surface area contributed by atoms with Gasteiger partial charge < -0.3 is 15.2 Å². The van der Waals surface area contributed by atoms with Crippen molar-refractivity contribution >= 4 is 11.7 Å². The van der Waals surface area contributed by atoms with Crippen LogP contribution in [0.15, 0.2) is 42.7 Å². The number of aryl methyl sites for hydroxylation is 3. The molecule has 3 rings (SSSR count). The Morgan fingerprint density at radius 2 is 1.92 bits per heavy atom. The molecule has 7 heteroatoms. The van der Waals surface area contributed by atoms with Gasteiger partial charge in [-0.3, -0.25) is 4.68 Å². The van der Waals surface area contributed by atoms with Crippen LogP contribution in [0.2, 0.25) is 0 Å².